The topological polar surface area (TPSA) is 116 Å². The van der Waals surface area contributed by atoms with Crippen LogP contribution in [0.4, 0.5) is 5.69 Å². The molecule has 0 bridgehead atoms. The summed E-state index contributed by atoms with van der Waals surface area (Å²) in [5.74, 6) is -2.82. The van der Waals surface area contributed by atoms with E-state index >= 15 is 0 Å². The van der Waals surface area contributed by atoms with Gasteiger partial charge >= 0.3 is 11.9 Å². The van der Waals surface area contributed by atoms with Gasteiger partial charge in [-0.25, -0.2) is 14.5 Å². The van der Waals surface area contributed by atoms with Gasteiger partial charge in [-0.15, -0.1) is 0 Å². The summed E-state index contributed by atoms with van der Waals surface area (Å²) in [5.41, 5.74) is 0.687. The summed E-state index contributed by atoms with van der Waals surface area (Å²) in [5, 5.41) is 0. The molecule has 3 aromatic rings. The highest BCUT2D eigenvalue weighted by Gasteiger charge is 2.53. The summed E-state index contributed by atoms with van der Waals surface area (Å²) in [6.07, 6.45) is 1.00. The minimum absolute atomic E-state index is 0.0104. The molecular weight excluding hydrogens is 674 g/mol. The number of amides is 2. The van der Waals surface area contributed by atoms with E-state index in [1.54, 1.807) is 36.4 Å². The molecule has 2 amide bonds. The van der Waals surface area contributed by atoms with Crippen LogP contribution >= 0.6 is 31.9 Å². The van der Waals surface area contributed by atoms with Crippen molar-refractivity contribution in [3.8, 4) is 11.5 Å². The van der Waals surface area contributed by atoms with Crippen LogP contribution in [-0.2, 0) is 14.3 Å². The summed E-state index contributed by atoms with van der Waals surface area (Å²) >= 11 is 7.14. The number of ketones is 1. The number of ether oxygens (including phenoxy) is 3. The number of carbonyl (C=O) groups excluding carboxylic acids is 5. The van der Waals surface area contributed by atoms with Gasteiger partial charge in [-0.3, -0.25) is 14.4 Å². The number of hydrogen-bond donors (Lipinski definition) is 0. The van der Waals surface area contributed by atoms with E-state index in [0.29, 0.717) is 24.2 Å². The van der Waals surface area contributed by atoms with E-state index in [4.69, 9.17) is 14.2 Å². The van der Waals surface area contributed by atoms with Crippen LogP contribution in [0.3, 0.4) is 0 Å². The molecule has 1 saturated carbocycles. The molecule has 11 heteroatoms. The molecule has 42 heavy (non-hydrogen) atoms. The van der Waals surface area contributed by atoms with Crippen LogP contribution in [0.15, 0.2) is 72.8 Å². The molecule has 0 radical (unpaired) electrons. The standard InChI is InChI=1S/C31H25Br2NO8/c1-40-20-6-4-5-18(13-20)30(38)42-19-11-9-17(10-12-19)27(35)16-41-31(39)21-7-2-3-8-26(21)34-28(36)22-14-24(32)25(33)15-23(22)29(34)37/h2-13,22-25H,14-16H2,1H3. The summed E-state index contributed by atoms with van der Waals surface area (Å²) in [6, 6.07) is 18.5. The second-order valence-corrected chi connectivity index (χ2v) is 12.2. The second-order valence-electron chi connectivity index (χ2n) is 9.89. The van der Waals surface area contributed by atoms with Gasteiger partial charge in [-0.1, -0.05) is 50.1 Å². The molecule has 9 nitrogen and oxygen atoms in total. The van der Waals surface area contributed by atoms with Crippen LogP contribution in [0.25, 0.3) is 0 Å². The normalized spacial score (nSPS) is 21.5. The highest BCUT2D eigenvalue weighted by atomic mass is 79.9. The lowest BCUT2D eigenvalue weighted by Crippen LogP contribution is -2.34. The van der Waals surface area contributed by atoms with Gasteiger partial charge in [-0.2, -0.15) is 0 Å². The maximum Gasteiger partial charge on any atom is 0.343 e. The molecule has 4 atom stereocenters. The number of imide groups is 1. The first-order chi connectivity index (χ1) is 20.2. The van der Waals surface area contributed by atoms with E-state index in [1.807, 2.05) is 0 Å². The van der Waals surface area contributed by atoms with Gasteiger partial charge in [0.15, 0.2) is 12.4 Å². The Kier molecular flexibility index (Phi) is 8.88. The number of alkyl halides is 2. The number of hydrogen-bond acceptors (Lipinski definition) is 8. The fourth-order valence-corrected chi connectivity index (χ4v) is 6.33. The number of benzene rings is 3. The van der Waals surface area contributed by atoms with E-state index < -0.39 is 36.2 Å². The van der Waals surface area contributed by atoms with Gasteiger partial charge in [0.2, 0.25) is 11.8 Å². The quantitative estimate of drug-likeness (QED) is 0.101. The number of nitrogens with zero attached hydrogens (tertiary/aromatic N) is 1. The third kappa shape index (κ3) is 6.03. The highest BCUT2D eigenvalue weighted by molar-refractivity contribution is 9.12. The van der Waals surface area contributed by atoms with E-state index in [-0.39, 0.29) is 44.0 Å². The molecule has 216 valence electrons. The van der Waals surface area contributed by atoms with E-state index in [0.717, 1.165) is 4.90 Å². The van der Waals surface area contributed by atoms with Crippen LogP contribution in [0, 0.1) is 11.8 Å². The predicted octanol–water partition coefficient (Wildman–Crippen LogP) is 5.38. The van der Waals surface area contributed by atoms with Crippen LogP contribution in [0.1, 0.15) is 43.9 Å². The molecule has 1 heterocycles. The SMILES string of the molecule is COc1cccc(C(=O)Oc2ccc(C(=O)COC(=O)c3ccccc3N3C(=O)C4CC(Br)C(Br)CC4C3=O)cc2)c1. The summed E-state index contributed by atoms with van der Waals surface area (Å²) in [6.45, 7) is -0.570. The van der Waals surface area contributed by atoms with Gasteiger partial charge in [0.25, 0.3) is 0 Å². The fraction of sp³-hybridized carbons (Fsp3) is 0.258. The Morgan fingerprint density at radius 1 is 0.786 bits per heavy atom. The van der Waals surface area contributed by atoms with Crippen molar-refractivity contribution < 1.29 is 38.2 Å². The Balaban J connectivity index is 1.22. The Bertz CT molecular complexity index is 1530. The van der Waals surface area contributed by atoms with Crippen molar-refractivity contribution in [3.63, 3.8) is 0 Å². The highest BCUT2D eigenvalue weighted by Crippen LogP contribution is 2.45. The van der Waals surface area contributed by atoms with Crippen molar-refractivity contribution in [1.82, 2.24) is 0 Å². The molecule has 0 N–H and O–H groups in total. The summed E-state index contributed by atoms with van der Waals surface area (Å²) in [4.78, 5) is 65.9. The third-order valence-electron chi connectivity index (χ3n) is 7.30. The summed E-state index contributed by atoms with van der Waals surface area (Å²) in [7, 11) is 1.49. The third-order valence-corrected chi connectivity index (χ3v) is 10.0. The average molecular weight is 699 g/mol. The van der Waals surface area contributed by atoms with Crippen LogP contribution in [0.5, 0.6) is 11.5 Å². The Morgan fingerprint density at radius 2 is 1.43 bits per heavy atom. The van der Waals surface area contributed by atoms with Gasteiger partial charge in [0, 0.05) is 15.2 Å². The zero-order valence-corrected chi connectivity index (χ0v) is 25.5. The number of Topliss-reactive ketones (excluding diaryl/α,β-unsaturated/α-hetero) is 1. The van der Waals surface area contributed by atoms with Crippen LogP contribution in [0.2, 0.25) is 0 Å². The number of anilines is 1. The molecular formula is C31H25Br2NO8. The van der Waals surface area contributed by atoms with E-state index in [1.165, 1.54) is 43.5 Å². The van der Waals surface area contributed by atoms with Crippen molar-refractivity contribution >= 4 is 67.1 Å². The number of halogens is 2. The largest absolute Gasteiger partial charge is 0.497 e. The van der Waals surface area contributed by atoms with Crippen molar-refractivity contribution in [2.24, 2.45) is 11.8 Å². The first-order valence-electron chi connectivity index (χ1n) is 13.1. The average Bonchev–Trinajstić information content (AvgIpc) is 3.24. The zero-order valence-electron chi connectivity index (χ0n) is 22.3. The van der Waals surface area contributed by atoms with Gasteiger partial charge in [0.1, 0.15) is 11.5 Å². The number of rotatable bonds is 8. The monoisotopic (exact) mass is 697 g/mol. The molecule has 0 spiro atoms. The predicted molar refractivity (Wildman–Crippen MR) is 160 cm³/mol. The smallest absolute Gasteiger partial charge is 0.343 e. The van der Waals surface area contributed by atoms with Gasteiger partial charge in [-0.05, 0) is 67.4 Å². The molecule has 1 aliphatic heterocycles. The molecule has 2 fully saturated rings. The molecule has 2 aliphatic rings. The molecule has 4 unspecified atom stereocenters. The van der Waals surface area contributed by atoms with E-state index in [9.17, 15) is 24.0 Å². The van der Waals surface area contributed by atoms with Crippen molar-refractivity contribution in [2.45, 2.75) is 22.5 Å². The lowest BCUT2D eigenvalue weighted by Gasteiger charge is -2.29. The minimum Gasteiger partial charge on any atom is -0.497 e. The maximum absolute atomic E-state index is 13.3. The molecule has 0 aromatic heterocycles. The number of carbonyl (C=O) groups is 5. The van der Waals surface area contributed by atoms with Crippen LogP contribution in [-0.4, -0.2) is 52.9 Å². The number of esters is 2. The fourth-order valence-electron chi connectivity index (χ4n) is 5.09. The first kappa shape index (κ1) is 29.7. The number of methoxy groups -OCH3 is 1. The second kappa shape index (κ2) is 12.6. The Labute approximate surface area is 258 Å². The summed E-state index contributed by atoms with van der Waals surface area (Å²) < 4.78 is 15.8. The van der Waals surface area contributed by atoms with Crippen molar-refractivity contribution in [3.05, 3.63) is 89.5 Å². The van der Waals surface area contributed by atoms with Crippen LogP contribution < -0.4 is 14.4 Å². The van der Waals surface area contributed by atoms with Crippen molar-refractivity contribution in [2.75, 3.05) is 18.6 Å². The number of para-hydroxylation sites is 1. The molecule has 1 aliphatic carbocycles. The van der Waals surface area contributed by atoms with Gasteiger partial charge < -0.3 is 14.2 Å². The van der Waals surface area contributed by atoms with E-state index in [2.05, 4.69) is 31.9 Å². The lowest BCUT2D eigenvalue weighted by molar-refractivity contribution is -0.122. The Morgan fingerprint density at radius 3 is 2.07 bits per heavy atom. The Hall–Kier alpha value is -3.83. The zero-order chi connectivity index (χ0) is 30.0. The molecule has 1 saturated heterocycles. The molecule has 5 rings (SSSR count). The van der Waals surface area contributed by atoms with Crippen molar-refractivity contribution in [1.29, 1.82) is 0 Å². The lowest BCUT2D eigenvalue weighted by atomic mass is 9.81. The molecule has 3 aromatic carbocycles. The van der Waals surface area contributed by atoms with Gasteiger partial charge in [0.05, 0.1) is 35.8 Å². The maximum atomic E-state index is 13.3. The number of fused-ring (bicyclic) bond motifs is 1. The minimum atomic E-state index is -0.838. The first-order valence-corrected chi connectivity index (χ1v) is 14.9.